The van der Waals surface area contributed by atoms with Gasteiger partial charge in [-0.1, -0.05) is 6.42 Å². The van der Waals surface area contributed by atoms with Crippen molar-refractivity contribution >= 4 is 15.9 Å². The molecule has 1 aromatic heterocycles. The number of hydrogen-bond acceptors (Lipinski definition) is 5. The molecule has 1 atom stereocenters. The first-order chi connectivity index (χ1) is 13.4. The van der Waals surface area contributed by atoms with E-state index >= 15 is 0 Å². The quantitative estimate of drug-likeness (QED) is 0.765. The molecule has 2 heterocycles. The minimum Gasteiger partial charge on any atom is -0.468 e. The second-order valence-electron chi connectivity index (χ2n) is 7.15. The Bertz CT molecular complexity index is 871. The van der Waals surface area contributed by atoms with Crippen LogP contribution in [0.25, 0.3) is 0 Å². The zero-order chi connectivity index (χ0) is 20.1. The van der Waals surface area contributed by atoms with Gasteiger partial charge in [0.2, 0.25) is 10.0 Å². The van der Waals surface area contributed by atoms with Gasteiger partial charge in [0, 0.05) is 26.2 Å². The summed E-state index contributed by atoms with van der Waals surface area (Å²) in [5.74, 6) is 0.608. The van der Waals surface area contributed by atoms with Gasteiger partial charge in [-0.3, -0.25) is 9.69 Å². The van der Waals surface area contributed by atoms with Crippen molar-refractivity contribution in [2.45, 2.75) is 30.2 Å². The van der Waals surface area contributed by atoms with Crippen LogP contribution in [0.2, 0.25) is 0 Å². The van der Waals surface area contributed by atoms with E-state index in [1.807, 2.05) is 12.1 Å². The minimum absolute atomic E-state index is 0.00681. The zero-order valence-corrected chi connectivity index (χ0v) is 17.1. The van der Waals surface area contributed by atoms with E-state index in [0.29, 0.717) is 12.1 Å². The van der Waals surface area contributed by atoms with Gasteiger partial charge in [0.25, 0.3) is 5.91 Å². The number of furan rings is 1. The van der Waals surface area contributed by atoms with Crippen LogP contribution in [0.1, 0.15) is 41.4 Å². The molecule has 1 fully saturated rings. The Hall–Kier alpha value is -2.16. The number of benzene rings is 1. The predicted molar refractivity (Wildman–Crippen MR) is 107 cm³/mol. The zero-order valence-electron chi connectivity index (χ0n) is 16.3. The first-order valence-electron chi connectivity index (χ1n) is 9.48. The number of nitrogens with zero attached hydrogens (tertiary/aromatic N) is 2. The Morgan fingerprint density at radius 3 is 2.39 bits per heavy atom. The Labute approximate surface area is 166 Å². The van der Waals surface area contributed by atoms with E-state index < -0.39 is 10.0 Å². The van der Waals surface area contributed by atoms with Crippen molar-refractivity contribution in [3.63, 3.8) is 0 Å². The first-order valence-corrected chi connectivity index (χ1v) is 10.9. The van der Waals surface area contributed by atoms with Crippen molar-refractivity contribution in [3.8, 4) is 0 Å². The number of hydrogen-bond donors (Lipinski definition) is 1. The van der Waals surface area contributed by atoms with Gasteiger partial charge in [0.1, 0.15) is 5.76 Å². The van der Waals surface area contributed by atoms with Crippen LogP contribution in [-0.4, -0.2) is 57.3 Å². The van der Waals surface area contributed by atoms with E-state index in [-0.39, 0.29) is 16.8 Å². The van der Waals surface area contributed by atoms with E-state index in [1.54, 1.807) is 6.26 Å². The van der Waals surface area contributed by atoms with Crippen LogP contribution < -0.4 is 5.32 Å². The highest BCUT2D eigenvalue weighted by Crippen LogP contribution is 2.24. The summed E-state index contributed by atoms with van der Waals surface area (Å²) in [6.07, 6.45) is 5.17. The summed E-state index contributed by atoms with van der Waals surface area (Å²) in [4.78, 5) is 15.1. The molecule has 8 heteroatoms. The van der Waals surface area contributed by atoms with Gasteiger partial charge in [-0.25, -0.2) is 12.7 Å². The third-order valence-corrected chi connectivity index (χ3v) is 6.88. The SMILES string of the molecule is CN(C)S(=O)(=O)c1ccc(C(=O)NCC(c2ccco2)N2CCCCC2)cc1. The van der Waals surface area contributed by atoms with E-state index in [4.69, 9.17) is 4.42 Å². The molecule has 2 aromatic rings. The lowest BCUT2D eigenvalue weighted by molar-refractivity contribution is 0.0914. The fraction of sp³-hybridized carbons (Fsp3) is 0.450. The highest BCUT2D eigenvalue weighted by atomic mass is 32.2. The number of sulfonamides is 1. The van der Waals surface area contributed by atoms with Crippen molar-refractivity contribution in [1.82, 2.24) is 14.5 Å². The largest absolute Gasteiger partial charge is 0.468 e. The van der Waals surface area contributed by atoms with Crippen LogP contribution in [0, 0.1) is 0 Å². The van der Waals surface area contributed by atoms with E-state index in [9.17, 15) is 13.2 Å². The lowest BCUT2D eigenvalue weighted by Crippen LogP contribution is -2.40. The fourth-order valence-electron chi connectivity index (χ4n) is 3.40. The monoisotopic (exact) mass is 405 g/mol. The fourth-order valence-corrected chi connectivity index (χ4v) is 4.30. The molecule has 1 unspecified atom stereocenters. The topological polar surface area (TPSA) is 82.9 Å². The number of likely N-dealkylation sites (tertiary alicyclic amines) is 1. The molecule has 0 spiro atoms. The normalized spacial score (nSPS) is 16.8. The summed E-state index contributed by atoms with van der Waals surface area (Å²) in [6, 6.07) is 9.78. The Morgan fingerprint density at radius 1 is 1.14 bits per heavy atom. The molecule has 1 aliphatic heterocycles. The Kier molecular flexibility index (Phi) is 6.53. The molecule has 0 aliphatic carbocycles. The molecule has 28 heavy (non-hydrogen) atoms. The third kappa shape index (κ3) is 4.63. The predicted octanol–water partition coefficient (Wildman–Crippen LogP) is 2.49. The molecule has 152 valence electrons. The van der Waals surface area contributed by atoms with Crippen molar-refractivity contribution in [1.29, 1.82) is 0 Å². The van der Waals surface area contributed by atoms with Gasteiger partial charge in [-0.2, -0.15) is 0 Å². The van der Waals surface area contributed by atoms with E-state index in [0.717, 1.165) is 36.0 Å². The van der Waals surface area contributed by atoms with Crippen molar-refractivity contribution < 1.29 is 17.6 Å². The summed E-state index contributed by atoms with van der Waals surface area (Å²) < 4.78 is 31.0. The minimum atomic E-state index is -3.51. The second-order valence-corrected chi connectivity index (χ2v) is 9.30. The van der Waals surface area contributed by atoms with Crippen molar-refractivity contribution in [2.75, 3.05) is 33.7 Å². The van der Waals surface area contributed by atoms with Gasteiger partial charge in [0.15, 0.2) is 0 Å². The second kappa shape index (κ2) is 8.89. The molecule has 1 aliphatic rings. The van der Waals surface area contributed by atoms with Crippen LogP contribution in [0.3, 0.4) is 0 Å². The molecule has 7 nitrogen and oxygen atoms in total. The summed E-state index contributed by atoms with van der Waals surface area (Å²) >= 11 is 0. The first kappa shape index (κ1) is 20.6. The average Bonchev–Trinajstić information content (AvgIpc) is 3.23. The van der Waals surface area contributed by atoms with Gasteiger partial charge in [-0.15, -0.1) is 0 Å². The molecular formula is C20H27N3O4S. The highest BCUT2D eigenvalue weighted by Gasteiger charge is 2.25. The molecule has 0 bridgehead atoms. The van der Waals surface area contributed by atoms with Crippen LogP contribution in [0.15, 0.2) is 52.0 Å². The number of nitrogens with one attached hydrogen (secondary N) is 1. The molecule has 1 amide bonds. The number of piperidine rings is 1. The van der Waals surface area contributed by atoms with Gasteiger partial charge >= 0.3 is 0 Å². The molecule has 0 saturated carbocycles. The maximum atomic E-state index is 12.6. The lowest BCUT2D eigenvalue weighted by Gasteiger charge is -2.33. The van der Waals surface area contributed by atoms with Crippen molar-refractivity contribution in [3.05, 3.63) is 54.0 Å². The van der Waals surface area contributed by atoms with Crippen LogP contribution >= 0.6 is 0 Å². The van der Waals surface area contributed by atoms with Gasteiger partial charge < -0.3 is 9.73 Å². The average molecular weight is 406 g/mol. The molecule has 3 rings (SSSR count). The molecular weight excluding hydrogens is 378 g/mol. The van der Waals surface area contributed by atoms with E-state index in [2.05, 4.69) is 10.2 Å². The Balaban J connectivity index is 1.67. The lowest BCUT2D eigenvalue weighted by atomic mass is 10.1. The summed E-state index contributed by atoms with van der Waals surface area (Å²) in [5, 5.41) is 2.97. The maximum absolute atomic E-state index is 12.6. The van der Waals surface area contributed by atoms with Crippen LogP contribution in [-0.2, 0) is 10.0 Å². The van der Waals surface area contributed by atoms with Crippen molar-refractivity contribution in [2.24, 2.45) is 0 Å². The van der Waals surface area contributed by atoms with Crippen LogP contribution in [0.4, 0.5) is 0 Å². The standard InChI is InChI=1S/C20H27N3O4S/c1-22(2)28(25,26)17-10-8-16(9-11-17)20(24)21-15-18(19-7-6-14-27-19)23-12-4-3-5-13-23/h6-11,14,18H,3-5,12-13,15H2,1-2H3,(H,21,24). The van der Waals surface area contributed by atoms with Crippen LogP contribution in [0.5, 0.6) is 0 Å². The molecule has 1 N–H and O–H groups in total. The smallest absolute Gasteiger partial charge is 0.251 e. The maximum Gasteiger partial charge on any atom is 0.251 e. The number of amides is 1. The van der Waals surface area contributed by atoms with Gasteiger partial charge in [-0.05, 0) is 62.3 Å². The molecule has 0 radical (unpaired) electrons. The highest BCUT2D eigenvalue weighted by molar-refractivity contribution is 7.89. The summed E-state index contributed by atoms with van der Waals surface area (Å²) in [7, 11) is -0.552. The summed E-state index contributed by atoms with van der Waals surface area (Å²) in [5.41, 5.74) is 0.426. The number of carbonyl (C=O) groups is 1. The Morgan fingerprint density at radius 2 is 1.82 bits per heavy atom. The van der Waals surface area contributed by atoms with E-state index in [1.165, 1.54) is 44.8 Å². The molecule has 1 aromatic carbocycles. The third-order valence-electron chi connectivity index (χ3n) is 5.05. The number of rotatable bonds is 7. The van der Waals surface area contributed by atoms with Gasteiger partial charge in [0.05, 0.1) is 17.2 Å². The molecule has 1 saturated heterocycles. The number of carbonyl (C=O) groups excluding carboxylic acids is 1. The summed E-state index contributed by atoms with van der Waals surface area (Å²) in [6.45, 7) is 2.40.